The molecule has 8 heteroatoms. The van der Waals surface area contributed by atoms with Crippen LogP contribution in [0.3, 0.4) is 0 Å². The van der Waals surface area contributed by atoms with Gasteiger partial charge in [0, 0.05) is 0 Å². The van der Waals surface area contributed by atoms with E-state index in [2.05, 4.69) is 15.5 Å². The highest BCUT2D eigenvalue weighted by Gasteiger charge is 2.25. The summed E-state index contributed by atoms with van der Waals surface area (Å²) in [7, 11) is 8.93. The fraction of sp³-hybridized carbons (Fsp3) is 0.154. The first-order valence-corrected chi connectivity index (χ1v) is 12.4. The minimum atomic E-state index is 0.658. The summed E-state index contributed by atoms with van der Waals surface area (Å²) in [5.41, 5.74) is 3.21. The van der Waals surface area contributed by atoms with Crippen molar-refractivity contribution in [1.29, 1.82) is 0 Å². The highest BCUT2D eigenvalue weighted by molar-refractivity contribution is 9.36. The molecule has 0 unspecified atom stereocenters. The Morgan fingerprint density at radius 2 is 1.86 bits per heavy atom. The summed E-state index contributed by atoms with van der Waals surface area (Å²) in [5, 5.41) is 0. The van der Waals surface area contributed by atoms with Crippen molar-refractivity contribution >= 4 is 67.6 Å². The number of fused-ring (bicyclic) bond motifs is 5. The molecule has 0 saturated heterocycles. The largest absolute Gasteiger partial charge is 0.478 e. The smallest absolute Gasteiger partial charge is 0.215 e. The van der Waals surface area contributed by atoms with Crippen LogP contribution in [-0.4, -0.2) is 16.0 Å². The van der Waals surface area contributed by atoms with E-state index in [9.17, 15) is 0 Å². The number of rotatable bonds is 2. The van der Waals surface area contributed by atoms with Gasteiger partial charge < -0.3 is 4.74 Å². The van der Waals surface area contributed by atoms with Gasteiger partial charge in [0.1, 0.15) is 0 Å². The van der Waals surface area contributed by atoms with Crippen molar-refractivity contribution in [3.05, 3.63) is 30.5 Å². The van der Waals surface area contributed by atoms with Crippen molar-refractivity contribution in [2.24, 2.45) is 0 Å². The maximum Gasteiger partial charge on any atom is 0.215 e. The van der Waals surface area contributed by atoms with E-state index in [0.717, 1.165) is 22.4 Å². The van der Waals surface area contributed by atoms with Gasteiger partial charge in [-0.3, -0.25) is 9.38 Å². The average Bonchev–Trinajstić information content (AvgIpc) is 2.68. The first-order valence-electron chi connectivity index (χ1n) is 6.29. The fourth-order valence-electron chi connectivity index (χ4n) is 2.30. The van der Waals surface area contributed by atoms with Gasteiger partial charge in [0.2, 0.25) is 5.88 Å². The molecule has 4 rings (SSSR count). The van der Waals surface area contributed by atoms with E-state index in [1.54, 1.807) is 51.1 Å². The van der Waals surface area contributed by atoms with Gasteiger partial charge in [-0.05, 0) is 70.1 Å². The van der Waals surface area contributed by atoms with Crippen molar-refractivity contribution in [2.75, 3.05) is 6.61 Å². The van der Waals surface area contributed by atoms with Crippen molar-refractivity contribution in [1.82, 2.24) is 9.38 Å². The lowest BCUT2D eigenvalue weighted by atomic mass is 10.3. The third kappa shape index (κ3) is 2.41. The molecule has 0 fully saturated rings. The summed E-state index contributed by atoms with van der Waals surface area (Å²) in [5.74, 6) is 0.939. The summed E-state index contributed by atoms with van der Waals surface area (Å²) in [6, 6.07) is 8.20. The molecule has 0 aliphatic carbocycles. The lowest BCUT2D eigenvalue weighted by molar-refractivity contribution is 0.317. The van der Waals surface area contributed by atoms with Crippen molar-refractivity contribution in [2.45, 2.75) is 16.7 Å². The molecule has 1 aromatic carbocycles. The highest BCUT2D eigenvalue weighted by atomic mass is 33.8. The predicted molar refractivity (Wildman–Crippen MR) is 98.4 cm³/mol. The van der Waals surface area contributed by atoms with E-state index in [1.807, 2.05) is 31.3 Å². The van der Waals surface area contributed by atoms with Crippen LogP contribution in [0, 0.1) is 0 Å². The molecule has 3 heterocycles. The van der Waals surface area contributed by atoms with Gasteiger partial charge in [-0.1, -0.05) is 12.1 Å². The van der Waals surface area contributed by atoms with E-state index in [0.29, 0.717) is 6.61 Å². The van der Waals surface area contributed by atoms with Crippen LogP contribution in [0.5, 0.6) is 5.88 Å². The number of benzene rings is 1. The quantitative estimate of drug-likeness (QED) is 0.515. The van der Waals surface area contributed by atoms with Gasteiger partial charge in [0.15, 0.2) is 0 Å². The maximum absolute atomic E-state index is 5.99. The molecule has 0 N–H and O–H groups in total. The lowest BCUT2D eigenvalue weighted by Gasteiger charge is -2.08. The Morgan fingerprint density at radius 3 is 2.71 bits per heavy atom. The molecular weight excluding hydrogens is 360 g/mol. The van der Waals surface area contributed by atoms with Crippen molar-refractivity contribution in [3.63, 3.8) is 0 Å². The van der Waals surface area contributed by atoms with Crippen LogP contribution in [0.15, 0.2) is 40.3 Å². The van der Waals surface area contributed by atoms with Gasteiger partial charge in [0.25, 0.3) is 0 Å². The van der Waals surface area contributed by atoms with Crippen LogP contribution < -0.4 is 4.74 Å². The molecule has 0 radical (unpaired) electrons. The Labute approximate surface area is 141 Å². The van der Waals surface area contributed by atoms with E-state index in [-0.39, 0.29) is 0 Å². The molecule has 0 amide bonds. The number of hydrogen-bond donors (Lipinski definition) is 0. The summed E-state index contributed by atoms with van der Waals surface area (Å²) in [6.07, 6.45) is 1.96. The molecule has 0 bridgehead atoms. The third-order valence-electron chi connectivity index (χ3n) is 3.10. The topological polar surface area (TPSA) is 26.5 Å². The SMILES string of the molecule is CCOc1c2c(c3cnc4ccccc4n13)SSSSS2. The number of hydrogen-bond acceptors (Lipinski definition) is 7. The minimum Gasteiger partial charge on any atom is -0.478 e. The van der Waals surface area contributed by atoms with Crippen LogP contribution in [0.4, 0.5) is 0 Å². The standard InChI is InChI=1S/C13H10N2OS5/c1-2-16-13-12-11(17-19-21-20-18-12)10-7-14-8-5-3-4-6-9(8)15(10)13/h3-7H,2H2,1H3. The van der Waals surface area contributed by atoms with Gasteiger partial charge >= 0.3 is 0 Å². The molecule has 0 saturated carbocycles. The average molecular weight is 371 g/mol. The van der Waals surface area contributed by atoms with E-state index < -0.39 is 0 Å². The van der Waals surface area contributed by atoms with Gasteiger partial charge in [-0.15, -0.1) is 0 Å². The van der Waals surface area contributed by atoms with E-state index in [1.165, 1.54) is 9.79 Å². The van der Waals surface area contributed by atoms with Gasteiger partial charge in [-0.2, -0.15) is 0 Å². The lowest BCUT2D eigenvalue weighted by Crippen LogP contribution is -1.98. The maximum atomic E-state index is 5.99. The van der Waals surface area contributed by atoms with Crippen LogP contribution >= 0.6 is 51.1 Å². The molecular formula is C13H10N2OS5. The number of aromatic nitrogens is 2. The van der Waals surface area contributed by atoms with Gasteiger partial charge in [-0.25, -0.2) is 0 Å². The zero-order valence-electron chi connectivity index (χ0n) is 10.9. The Balaban J connectivity index is 2.12. The van der Waals surface area contributed by atoms with Crippen molar-refractivity contribution < 1.29 is 4.74 Å². The second-order valence-corrected chi connectivity index (χ2v) is 11.7. The molecule has 108 valence electrons. The Bertz CT molecular complexity index is 819. The number of para-hydroxylation sites is 2. The van der Waals surface area contributed by atoms with E-state index in [4.69, 9.17) is 4.74 Å². The molecule has 1 aliphatic heterocycles. The van der Waals surface area contributed by atoms with Gasteiger partial charge in [0.05, 0.1) is 39.1 Å². The zero-order chi connectivity index (χ0) is 14.2. The normalized spacial score (nSPS) is 15.1. The summed E-state index contributed by atoms with van der Waals surface area (Å²) < 4.78 is 8.19. The molecule has 1 aliphatic rings. The Hall–Kier alpha value is -0.280. The first-order chi connectivity index (χ1) is 10.4. The predicted octanol–water partition coefficient (Wildman–Crippen LogP) is 5.94. The second kappa shape index (κ2) is 6.08. The molecule has 2 aromatic heterocycles. The van der Waals surface area contributed by atoms with Crippen LogP contribution in [0.1, 0.15) is 6.92 Å². The highest BCUT2D eigenvalue weighted by Crippen LogP contribution is 2.62. The van der Waals surface area contributed by atoms with E-state index >= 15 is 0 Å². The summed E-state index contributed by atoms with van der Waals surface area (Å²) >= 11 is 0. The monoisotopic (exact) mass is 370 g/mol. The molecule has 3 aromatic rings. The summed E-state index contributed by atoms with van der Waals surface area (Å²) in [4.78, 5) is 7.06. The zero-order valence-corrected chi connectivity index (χ0v) is 15.0. The molecule has 21 heavy (non-hydrogen) atoms. The Kier molecular flexibility index (Phi) is 4.14. The second-order valence-electron chi connectivity index (χ2n) is 4.23. The first kappa shape index (κ1) is 14.3. The Morgan fingerprint density at radius 1 is 1.05 bits per heavy atom. The molecule has 0 spiro atoms. The minimum absolute atomic E-state index is 0.658. The van der Waals surface area contributed by atoms with Crippen LogP contribution in [0.2, 0.25) is 0 Å². The van der Waals surface area contributed by atoms with Crippen molar-refractivity contribution in [3.8, 4) is 5.88 Å². The molecule has 3 nitrogen and oxygen atoms in total. The fourth-order valence-corrected chi connectivity index (χ4v) is 11.4. The van der Waals surface area contributed by atoms with Crippen LogP contribution in [-0.2, 0) is 0 Å². The summed E-state index contributed by atoms with van der Waals surface area (Å²) in [6.45, 7) is 2.69. The molecule has 0 atom stereocenters. The third-order valence-corrected chi connectivity index (χ3v) is 11.6. The van der Waals surface area contributed by atoms with Crippen LogP contribution in [0.25, 0.3) is 16.6 Å². The number of nitrogens with zero attached hydrogens (tertiary/aromatic N) is 2. The number of ether oxygens (including phenoxy) is 1.